The molecule has 4 nitrogen and oxygen atoms in total. The van der Waals surface area contributed by atoms with Crippen LogP contribution in [-0.4, -0.2) is 61.4 Å². The van der Waals surface area contributed by atoms with E-state index in [2.05, 4.69) is 15.1 Å². The highest BCUT2D eigenvalue weighted by Crippen LogP contribution is 2.24. The molecule has 2 N–H and O–H groups in total. The average molecular weight is 328 g/mol. The van der Waals surface area contributed by atoms with E-state index in [0.29, 0.717) is 6.54 Å². The molecule has 0 radical (unpaired) electrons. The molecule has 0 amide bonds. The lowest BCUT2D eigenvalue weighted by Gasteiger charge is -2.41. The summed E-state index contributed by atoms with van der Waals surface area (Å²) in [6.07, 6.45) is 1.90. The molecule has 2 aliphatic rings. The summed E-state index contributed by atoms with van der Waals surface area (Å²) in [5.74, 6) is -0.379. The lowest BCUT2D eigenvalue weighted by atomic mass is 9.93. The van der Waals surface area contributed by atoms with E-state index < -0.39 is 5.60 Å². The Kier molecular flexibility index (Phi) is 4.88. The Bertz CT molecular complexity index is 514. The van der Waals surface area contributed by atoms with Crippen LogP contribution in [0.2, 0.25) is 5.02 Å². The smallest absolute Gasteiger partial charge is 0.141 e. The summed E-state index contributed by atoms with van der Waals surface area (Å²) in [6.45, 7) is 5.94. The highest BCUT2D eigenvalue weighted by molar-refractivity contribution is 6.31. The molecule has 1 atom stereocenters. The summed E-state index contributed by atoms with van der Waals surface area (Å²) in [5.41, 5.74) is 0.365. The molecule has 2 fully saturated rings. The van der Waals surface area contributed by atoms with Gasteiger partial charge < -0.3 is 15.3 Å². The summed E-state index contributed by atoms with van der Waals surface area (Å²) >= 11 is 5.86. The van der Waals surface area contributed by atoms with Crippen LogP contribution < -0.4 is 10.2 Å². The van der Waals surface area contributed by atoms with Crippen molar-refractivity contribution < 1.29 is 9.50 Å². The number of benzene rings is 1. The first-order chi connectivity index (χ1) is 10.6. The fourth-order valence-electron chi connectivity index (χ4n) is 3.35. The van der Waals surface area contributed by atoms with Gasteiger partial charge in [-0.3, -0.25) is 4.90 Å². The third kappa shape index (κ3) is 3.71. The predicted octanol–water partition coefficient (Wildman–Crippen LogP) is 1.72. The Morgan fingerprint density at radius 3 is 2.68 bits per heavy atom. The first-order valence-electron chi connectivity index (χ1n) is 7.91. The van der Waals surface area contributed by atoms with Gasteiger partial charge >= 0.3 is 0 Å². The molecular weight excluding hydrogens is 305 g/mol. The minimum Gasteiger partial charge on any atom is -0.387 e. The van der Waals surface area contributed by atoms with Gasteiger partial charge in [-0.2, -0.15) is 0 Å². The molecule has 0 saturated carbocycles. The number of β-amino-alcohol motifs (C(OH)–C–C–N with tert-alkyl or cyclic N) is 1. The summed E-state index contributed by atoms with van der Waals surface area (Å²) in [5, 5.41) is 14.0. The van der Waals surface area contributed by atoms with Crippen LogP contribution in [-0.2, 0) is 0 Å². The van der Waals surface area contributed by atoms with E-state index in [0.717, 1.165) is 57.8 Å². The lowest BCUT2D eigenvalue weighted by molar-refractivity contribution is -0.0164. The standard InChI is InChI=1S/C16H23ClFN3O/c17-14-10-13(2-3-15(14)18)21-8-6-20(7-9-21)12-16(22)4-1-5-19-11-16/h2-3,10,19,22H,1,4-9,11-12H2/t16-/m1/s1. The zero-order chi connectivity index (χ0) is 15.6. The van der Waals surface area contributed by atoms with Gasteiger partial charge in [0.15, 0.2) is 0 Å². The first kappa shape index (κ1) is 16.0. The van der Waals surface area contributed by atoms with Crippen molar-refractivity contribution >= 4 is 17.3 Å². The molecule has 0 aliphatic carbocycles. The molecule has 2 aliphatic heterocycles. The van der Waals surface area contributed by atoms with E-state index in [1.54, 1.807) is 12.1 Å². The zero-order valence-electron chi connectivity index (χ0n) is 12.7. The molecule has 122 valence electrons. The number of halogens is 2. The Morgan fingerprint density at radius 1 is 1.27 bits per heavy atom. The molecule has 6 heteroatoms. The van der Waals surface area contributed by atoms with E-state index in [4.69, 9.17) is 11.6 Å². The maximum atomic E-state index is 13.2. The number of aliphatic hydroxyl groups is 1. The summed E-state index contributed by atoms with van der Waals surface area (Å²) < 4.78 is 13.2. The highest BCUT2D eigenvalue weighted by atomic mass is 35.5. The molecule has 2 heterocycles. The lowest BCUT2D eigenvalue weighted by Crippen LogP contribution is -2.56. The molecule has 0 unspecified atom stereocenters. The molecule has 1 aromatic carbocycles. The van der Waals surface area contributed by atoms with Gasteiger partial charge in [-0.15, -0.1) is 0 Å². The second-order valence-corrected chi connectivity index (χ2v) is 6.77. The highest BCUT2D eigenvalue weighted by Gasteiger charge is 2.32. The molecule has 1 aromatic rings. The van der Waals surface area contributed by atoms with Crippen molar-refractivity contribution in [2.75, 3.05) is 50.7 Å². The SMILES string of the molecule is O[C@]1(CN2CCN(c3ccc(F)c(Cl)c3)CC2)CCCNC1. The Morgan fingerprint density at radius 2 is 2.05 bits per heavy atom. The number of nitrogens with one attached hydrogen (secondary N) is 1. The van der Waals surface area contributed by atoms with Crippen LogP contribution in [0.15, 0.2) is 18.2 Å². The summed E-state index contributed by atoms with van der Waals surface area (Å²) in [4.78, 5) is 4.53. The number of rotatable bonds is 3. The van der Waals surface area contributed by atoms with Gasteiger partial charge in [0.05, 0.1) is 10.6 Å². The number of nitrogens with zero attached hydrogens (tertiary/aromatic N) is 2. The maximum Gasteiger partial charge on any atom is 0.141 e. The van der Waals surface area contributed by atoms with Crippen molar-refractivity contribution in [3.8, 4) is 0 Å². The summed E-state index contributed by atoms with van der Waals surface area (Å²) in [7, 11) is 0. The number of piperidine rings is 1. The molecule has 0 bridgehead atoms. The van der Waals surface area contributed by atoms with Gasteiger partial charge in [-0.1, -0.05) is 11.6 Å². The quantitative estimate of drug-likeness (QED) is 0.886. The topological polar surface area (TPSA) is 38.7 Å². The normalized spacial score (nSPS) is 27.1. The van der Waals surface area contributed by atoms with Gasteiger partial charge in [-0.25, -0.2) is 4.39 Å². The monoisotopic (exact) mass is 327 g/mol. The van der Waals surface area contributed by atoms with E-state index in [-0.39, 0.29) is 10.8 Å². The van der Waals surface area contributed by atoms with Crippen molar-refractivity contribution in [3.05, 3.63) is 29.0 Å². The van der Waals surface area contributed by atoms with Crippen LogP contribution in [0.4, 0.5) is 10.1 Å². The Hall–Kier alpha value is -0.880. The molecule has 22 heavy (non-hydrogen) atoms. The van der Waals surface area contributed by atoms with E-state index in [1.807, 2.05) is 0 Å². The minimum absolute atomic E-state index is 0.169. The van der Waals surface area contributed by atoms with Crippen LogP contribution in [0, 0.1) is 5.82 Å². The second kappa shape index (κ2) is 6.71. The van der Waals surface area contributed by atoms with Crippen molar-refractivity contribution in [1.82, 2.24) is 10.2 Å². The molecular formula is C16H23ClFN3O. The van der Waals surface area contributed by atoms with Gasteiger partial charge in [0.1, 0.15) is 5.82 Å². The van der Waals surface area contributed by atoms with Crippen molar-refractivity contribution in [2.24, 2.45) is 0 Å². The number of anilines is 1. The van der Waals surface area contributed by atoms with Crippen LogP contribution in [0.5, 0.6) is 0 Å². The van der Waals surface area contributed by atoms with E-state index in [9.17, 15) is 9.50 Å². The van der Waals surface area contributed by atoms with E-state index >= 15 is 0 Å². The Labute approximate surface area is 135 Å². The van der Waals surface area contributed by atoms with E-state index in [1.165, 1.54) is 6.07 Å². The van der Waals surface area contributed by atoms with Crippen molar-refractivity contribution in [2.45, 2.75) is 18.4 Å². The minimum atomic E-state index is -0.598. The molecule has 0 aromatic heterocycles. The second-order valence-electron chi connectivity index (χ2n) is 6.37. The van der Waals surface area contributed by atoms with Crippen molar-refractivity contribution in [3.63, 3.8) is 0 Å². The van der Waals surface area contributed by atoms with Crippen LogP contribution in [0.1, 0.15) is 12.8 Å². The largest absolute Gasteiger partial charge is 0.387 e. The van der Waals surface area contributed by atoms with Gasteiger partial charge in [0, 0.05) is 45.0 Å². The number of hydrogen-bond acceptors (Lipinski definition) is 4. The Balaban J connectivity index is 1.54. The van der Waals surface area contributed by atoms with Crippen LogP contribution in [0.25, 0.3) is 0 Å². The molecule has 0 spiro atoms. The van der Waals surface area contributed by atoms with Crippen LogP contribution in [0.3, 0.4) is 0 Å². The number of piperazine rings is 1. The van der Waals surface area contributed by atoms with Gasteiger partial charge in [0.25, 0.3) is 0 Å². The summed E-state index contributed by atoms with van der Waals surface area (Å²) in [6, 6.07) is 4.88. The molecule has 2 saturated heterocycles. The number of hydrogen-bond donors (Lipinski definition) is 2. The van der Waals surface area contributed by atoms with Crippen LogP contribution >= 0.6 is 11.6 Å². The van der Waals surface area contributed by atoms with Gasteiger partial charge in [0.2, 0.25) is 0 Å². The molecule has 3 rings (SSSR count). The predicted molar refractivity (Wildman–Crippen MR) is 87.1 cm³/mol. The zero-order valence-corrected chi connectivity index (χ0v) is 13.4. The third-order valence-electron chi connectivity index (χ3n) is 4.61. The van der Waals surface area contributed by atoms with Gasteiger partial charge in [-0.05, 0) is 37.6 Å². The fourth-order valence-corrected chi connectivity index (χ4v) is 3.52. The fraction of sp³-hybridized carbons (Fsp3) is 0.625. The average Bonchev–Trinajstić information content (AvgIpc) is 2.51. The third-order valence-corrected chi connectivity index (χ3v) is 4.90. The van der Waals surface area contributed by atoms with Crippen molar-refractivity contribution in [1.29, 1.82) is 0 Å². The first-order valence-corrected chi connectivity index (χ1v) is 8.29. The maximum absolute atomic E-state index is 13.2.